The maximum atomic E-state index is 11.7. The molecule has 0 aliphatic carbocycles. The maximum Gasteiger partial charge on any atom is 0.326 e. The lowest BCUT2D eigenvalue weighted by Gasteiger charge is -2.20. The number of nitrogens with zero attached hydrogens (tertiary/aromatic N) is 1. The number of aliphatic hydroxyl groups is 1. The Morgan fingerprint density at radius 2 is 2.12 bits per heavy atom. The number of carbonyl (C=O) groups excluding carboxylic acids is 1. The summed E-state index contributed by atoms with van der Waals surface area (Å²) in [5.41, 5.74) is 0. The second-order valence-corrected chi connectivity index (χ2v) is 3.84. The molecule has 0 aromatic carbocycles. The molecule has 0 aromatic heterocycles. The number of amides is 1. The van der Waals surface area contributed by atoms with Crippen molar-refractivity contribution in [3.05, 3.63) is 0 Å². The van der Waals surface area contributed by atoms with Gasteiger partial charge < -0.3 is 24.6 Å². The number of hydrogen-bond acceptors (Lipinski definition) is 5. The number of carboxylic acids is 1. The Bertz CT molecular complexity index is 282. The molecule has 1 rings (SSSR count). The third kappa shape index (κ3) is 3.95. The highest BCUT2D eigenvalue weighted by Crippen LogP contribution is 2.18. The van der Waals surface area contributed by atoms with E-state index in [1.54, 1.807) is 0 Å². The molecule has 1 aliphatic rings. The fourth-order valence-electron chi connectivity index (χ4n) is 1.71. The molecule has 2 N–H and O–H groups in total. The van der Waals surface area contributed by atoms with Crippen LogP contribution in [0.5, 0.6) is 0 Å². The molecule has 7 heteroatoms. The van der Waals surface area contributed by atoms with Crippen LogP contribution < -0.4 is 0 Å². The molecule has 0 radical (unpaired) electrons. The van der Waals surface area contributed by atoms with Crippen LogP contribution in [0.25, 0.3) is 0 Å². The third-order valence-electron chi connectivity index (χ3n) is 2.54. The summed E-state index contributed by atoms with van der Waals surface area (Å²) in [6.07, 6.45) is -0.710. The molecule has 0 bridgehead atoms. The van der Waals surface area contributed by atoms with Gasteiger partial charge in [-0.15, -0.1) is 0 Å². The number of aliphatic hydroxyl groups excluding tert-OH is 1. The number of hydrogen-bond donors (Lipinski definition) is 2. The highest BCUT2D eigenvalue weighted by Gasteiger charge is 2.38. The zero-order chi connectivity index (χ0) is 12.8. The summed E-state index contributed by atoms with van der Waals surface area (Å²) in [5.74, 6) is -1.53. The van der Waals surface area contributed by atoms with Crippen LogP contribution in [-0.4, -0.2) is 72.6 Å². The monoisotopic (exact) mass is 247 g/mol. The fourth-order valence-corrected chi connectivity index (χ4v) is 1.71. The number of β-amino-alcohol motifs (C(OH)–C–C–N with tert-alkyl or cyclic N) is 1. The summed E-state index contributed by atoms with van der Waals surface area (Å²) >= 11 is 0. The molecule has 1 saturated heterocycles. The van der Waals surface area contributed by atoms with Crippen molar-refractivity contribution < 1.29 is 29.3 Å². The first kappa shape index (κ1) is 13.9. The van der Waals surface area contributed by atoms with E-state index in [9.17, 15) is 14.7 Å². The van der Waals surface area contributed by atoms with Crippen LogP contribution >= 0.6 is 0 Å². The van der Waals surface area contributed by atoms with Crippen molar-refractivity contribution in [2.75, 3.05) is 33.5 Å². The van der Waals surface area contributed by atoms with Gasteiger partial charge in [-0.2, -0.15) is 0 Å². The van der Waals surface area contributed by atoms with Gasteiger partial charge in [0.2, 0.25) is 5.91 Å². The summed E-state index contributed by atoms with van der Waals surface area (Å²) in [6, 6.07) is -0.955. The number of rotatable bonds is 6. The van der Waals surface area contributed by atoms with Gasteiger partial charge in [0.15, 0.2) is 0 Å². The highest BCUT2D eigenvalue weighted by molar-refractivity contribution is 5.85. The van der Waals surface area contributed by atoms with Gasteiger partial charge in [0.1, 0.15) is 12.6 Å². The van der Waals surface area contributed by atoms with Gasteiger partial charge in [0.05, 0.1) is 19.3 Å². The maximum absolute atomic E-state index is 11.7. The first-order valence-corrected chi connectivity index (χ1v) is 5.33. The normalized spacial score (nSPS) is 24.0. The van der Waals surface area contributed by atoms with Gasteiger partial charge in [-0.05, 0) is 0 Å². The molecule has 0 saturated carbocycles. The molecule has 17 heavy (non-hydrogen) atoms. The van der Waals surface area contributed by atoms with Gasteiger partial charge in [-0.3, -0.25) is 4.79 Å². The van der Waals surface area contributed by atoms with Crippen LogP contribution in [-0.2, 0) is 19.1 Å². The van der Waals surface area contributed by atoms with Gasteiger partial charge in [0.25, 0.3) is 0 Å². The smallest absolute Gasteiger partial charge is 0.326 e. The minimum Gasteiger partial charge on any atom is -0.480 e. The van der Waals surface area contributed by atoms with Crippen molar-refractivity contribution in [2.45, 2.75) is 18.6 Å². The minimum absolute atomic E-state index is 0.0451. The molecule has 0 aromatic rings. The molecule has 0 spiro atoms. The van der Waals surface area contributed by atoms with E-state index in [1.165, 1.54) is 7.11 Å². The second kappa shape index (κ2) is 6.53. The quantitative estimate of drug-likeness (QED) is 0.566. The molecular formula is C10H17NO6. The number of carboxylic acid groups (broad SMARTS) is 1. The summed E-state index contributed by atoms with van der Waals surface area (Å²) in [6.45, 7) is 0.498. The Hall–Kier alpha value is -1.18. The number of carbonyl (C=O) groups is 2. The average Bonchev–Trinajstić information content (AvgIpc) is 2.66. The van der Waals surface area contributed by atoms with Gasteiger partial charge in [-0.1, -0.05) is 0 Å². The zero-order valence-corrected chi connectivity index (χ0v) is 9.66. The van der Waals surface area contributed by atoms with E-state index >= 15 is 0 Å². The van der Waals surface area contributed by atoms with E-state index in [1.807, 2.05) is 0 Å². The molecule has 1 fully saturated rings. The molecular weight excluding hydrogens is 230 g/mol. The summed E-state index contributed by atoms with van der Waals surface area (Å²) < 4.78 is 9.76. The lowest BCUT2D eigenvalue weighted by molar-refractivity contribution is -0.150. The summed E-state index contributed by atoms with van der Waals surface area (Å²) in [5, 5.41) is 18.3. The van der Waals surface area contributed by atoms with Crippen LogP contribution in [0.15, 0.2) is 0 Å². The predicted octanol–water partition coefficient (Wildman–Crippen LogP) is -1.30. The molecule has 1 aliphatic heterocycles. The van der Waals surface area contributed by atoms with E-state index in [0.717, 1.165) is 4.90 Å². The summed E-state index contributed by atoms with van der Waals surface area (Å²) in [4.78, 5) is 23.7. The van der Waals surface area contributed by atoms with E-state index < -0.39 is 24.0 Å². The van der Waals surface area contributed by atoms with Crippen molar-refractivity contribution >= 4 is 11.9 Å². The number of ether oxygens (including phenoxy) is 2. The van der Waals surface area contributed by atoms with Gasteiger partial charge in [-0.25, -0.2) is 4.79 Å². The van der Waals surface area contributed by atoms with Crippen LogP contribution in [0.3, 0.4) is 0 Å². The van der Waals surface area contributed by atoms with Crippen molar-refractivity contribution in [1.82, 2.24) is 4.90 Å². The lowest BCUT2D eigenvalue weighted by Crippen LogP contribution is -2.42. The summed E-state index contributed by atoms with van der Waals surface area (Å²) in [7, 11) is 1.52. The van der Waals surface area contributed by atoms with Crippen molar-refractivity contribution in [3.8, 4) is 0 Å². The van der Waals surface area contributed by atoms with Crippen molar-refractivity contribution in [3.63, 3.8) is 0 Å². The van der Waals surface area contributed by atoms with E-state index in [0.29, 0.717) is 6.61 Å². The van der Waals surface area contributed by atoms with Gasteiger partial charge in [0, 0.05) is 20.1 Å². The van der Waals surface area contributed by atoms with E-state index in [-0.39, 0.29) is 26.2 Å². The third-order valence-corrected chi connectivity index (χ3v) is 2.54. The van der Waals surface area contributed by atoms with Crippen LogP contribution in [0, 0.1) is 0 Å². The van der Waals surface area contributed by atoms with Crippen LogP contribution in [0.1, 0.15) is 6.42 Å². The topological polar surface area (TPSA) is 96.3 Å². The van der Waals surface area contributed by atoms with E-state index in [2.05, 4.69) is 0 Å². The number of methoxy groups -OCH3 is 1. The molecule has 2 atom stereocenters. The Morgan fingerprint density at radius 3 is 2.71 bits per heavy atom. The lowest BCUT2D eigenvalue weighted by atomic mass is 10.2. The largest absolute Gasteiger partial charge is 0.480 e. The van der Waals surface area contributed by atoms with E-state index in [4.69, 9.17) is 14.6 Å². The van der Waals surface area contributed by atoms with Crippen LogP contribution in [0.4, 0.5) is 0 Å². The number of aliphatic carboxylic acids is 1. The molecule has 1 heterocycles. The zero-order valence-electron chi connectivity index (χ0n) is 9.66. The first-order chi connectivity index (χ1) is 8.06. The highest BCUT2D eigenvalue weighted by atomic mass is 16.5. The second-order valence-electron chi connectivity index (χ2n) is 3.84. The van der Waals surface area contributed by atoms with Crippen molar-refractivity contribution in [1.29, 1.82) is 0 Å². The Morgan fingerprint density at radius 1 is 1.41 bits per heavy atom. The van der Waals surface area contributed by atoms with Gasteiger partial charge >= 0.3 is 5.97 Å². The number of likely N-dealkylation sites (tertiary alicyclic amines) is 1. The minimum atomic E-state index is -1.10. The molecule has 1 amide bonds. The standard InChI is InChI=1S/C10H17NO6/c1-16-2-3-17-6-9(13)11-5-7(12)4-8(11)10(14)15/h7-8,12H,2-6H2,1H3,(H,14,15)/t7-,8-/m0/s1. The molecule has 7 nitrogen and oxygen atoms in total. The van der Waals surface area contributed by atoms with Crippen molar-refractivity contribution in [2.24, 2.45) is 0 Å². The SMILES string of the molecule is COCCOCC(=O)N1C[C@@H](O)C[C@H]1C(=O)O. The molecule has 98 valence electrons. The van der Waals surface area contributed by atoms with Crippen LogP contribution in [0.2, 0.25) is 0 Å². The first-order valence-electron chi connectivity index (χ1n) is 5.33. The molecule has 0 unspecified atom stereocenters. The predicted molar refractivity (Wildman–Crippen MR) is 56.5 cm³/mol. The Balaban J connectivity index is 2.41. The average molecular weight is 247 g/mol. The Labute approximate surface area is 98.9 Å². The fraction of sp³-hybridized carbons (Fsp3) is 0.800. The Kier molecular flexibility index (Phi) is 5.33.